The fourth-order valence-corrected chi connectivity index (χ4v) is 2.63. The summed E-state index contributed by atoms with van der Waals surface area (Å²) in [6.07, 6.45) is 3.09. The summed E-state index contributed by atoms with van der Waals surface area (Å²) >= 11 is 0. The number of para-hydroxylation sites is 1. The Morgan fingerprint density at radius 2 is 2.05 bits per heavy atom. The number of anilines is 1. The number of nitrogens with two attached hydrogens (primary N) is 1. The summed E-state index contributed by atoms with van der Waals surface area (Å²) in [5.41, 5.74) is 6.39. The molecule has 1 aromatic rings. The van der Waals surface area contributed by atoms with Crippen molar-refractivity contribution in [3.05, 3.63) is 23.8 Å². The number of carboxylic acid groups (broad SMARTS) is 1. The van der Waals surface area contributed by atoms with Gasteiger partial charge in [-0.2, -0.15) is 0 Å². The number of carboxylic acids is 1. The predicted octanol–water partition coefficient (Wildman–Crippen LogP) is 3.17. The first-order valence-electron chi connectivity index (χ1n) is 6.77. The van der Waals surface area contributed by atoms with Crippen LogP contribution in [0.15, 0.2) is 18.2 Å². The molecule has 3 unspecified atom stereocenters. The molecule has 0 bridgehead atoms. The zero-order chi connectivity index (χ0) is 14.0. The van der Waals surface area contributed by atoms with Gasteiger partial charge in [0.15, 0.2) is 5.75 Å². The molecule has 0 radical (unpaired) electrons. The second kappa shape index (κ2) is 5.51. The third kappa shape index (κ3) is 3.00. The molecule has 0 spiro atoms. The van der Waals surface area contributed by atoms with E-state index in [1.54, 1.807) is 12.1 Å². The van der Waals surface area contributed by atoms with Gasteiger partial charge in [0.1, 0.15) is 5.56 Å². The van der Waals surface area contributed by atoms with E-state index in [9.17, 15) is 9.90 Å². The Kier molecular flexibility index (Phi) is 3.98. The topological polar surface area (TPSA) is 72.5 Å². The van der Waals surface area contributed by atoms with Crippen LogP contribution in [0, 0.1) is 11.8 Å². The van der Waals surface area contributed by atoms with Gasteiger partial charge >= 0.3 is 5.97 Å². The molecule has 3 atom stereocenters. The average Bonchev–Trinajstić information content (AvgIpc) is 2.36. The molecule has 3 N–H and O–H groups in total. The van der Waals surface area contributed by atoms with Crippen molar-refractivity contribution < 1.29 is 14.6 Å². The molecule has 2 rings (SSSR count). The van der Waals surface area contributed by atoms with Gasteiger partial charge in [-0.25, -0.2) is 4.79 Å². The zero-order valence-corrected chi connectivity index (χ0v) is 11.4. The lowest BCUT2D eigenvalue weighted by molar-refractivity contribution is 0.0676. The summed E-state index contributed by atoms with van der Waals surface area (Å²) < 4.78 is 5.89. The third-order valence-corrected chi connectivity index (χ3v) is 4.11. The van der Waals surface area contributed by atoms with E-state index in [-0.39, 0.29) is 11.7 Å². The quantitative estimate of drug-likeness (QED) is 0.821. The van der Waals surface area contributed by atoms with Crippen molar-refractivity contribution in [3.8, 4) is 5.75 Å². The van der Waals surface area contributed by atoms with Gasteiger partial charge in [0.25, 0.3) is 0 Å². The van der Waals surface area contributed by atoms with E-state index in [0.717, 1.165) is 19.3 Å². The van der Waals surface area contributed by atoms with Crippen LogP contribution in [0.2, 0.25) is 0 Å². The summed E-state index contributed by atoms with van der Waals surface area (Å²) in [6.45, 7) is 4.47. The highest BCUT2D eigenvalue weighted by atomic mass is 16.5. The SMILES string of the molecule is CC1CCC(Oc2c(N)cccc2C(=O)O)CC1C. The molecule has 0 aliphatic heterocycles. The maximum Gasteiger partial charge on any atom is 0.339 e. The van der Waals surface area contributed by atoms with Gasteiger partial charge in [0.2, 0.25) is 0 Å². The zero-order valence-electron chi connectivity index (χ0n) is 11.4. The number of hydrogen-bond acceptors (Lipinski definition) is 3. The van der Waals surface area contributed by atoms with Crippen molar-refractivity contribution in [3.63, 3.8) is 0 Å². The van der Waals surface area contributed by atoms with Gasteiger partial charge in [-0.15, -0.1) is 0 Å². The van der Waals surface area contributed by atoms with E-state index in [4.69, 9.17) is 10.5 Å². The highest BCUT2D eigenvalue weighted by molar-refractivity contribution is 5.93. The Bertz CT molecular complexity index is 472. The molecule has 0 amide bonds. The second-order valence-corrected chi connectivity index (χ2v) is 5.54. The van der Waals surface area contributed by atoms with Crippen LogP contribution < -0.4 is 10.5 Å². The van der Waals surface area contributed by atoms with Crippen LogP contribution in [0.5, 0.6) is 5.75 Å². The van der Waals surface area contributed by atoms with E-state index in [0.29, 0.717) is 23.3 Å². The number of ether oxygens (including phenoxy) is 1. The van der Waals surface area contributed by atoms with Crippen LogP contribution in [-0.2, 0) is 0 Å². The van der Waals surface area contributed by atoms with Crippen LogP contribution in [0.1, 0.15) is 43.5 Å². The molecule has 1 aromatic carbocycles. The van der Waals surface area contributed by atoms with Gasteiger partial charge in [-0.05, 0) is 43.2 Å². The van der Waals surface area contributed by atoms with Crippen molar-refractivity contribution in [1.29, 1.82) is 0 Å². The van der Waals surface area contributed by atoms with E-state index in [1.165, 1.54) is 6.07 Å². The molecular formula is C15H21NO3. The van der Waals surface area contributed by atoms with Crippen LogP contribution in [0.4, 0.5) is 5.69 Å². The lowest BCUT2D eigenvalue weighted by Gasteiger charge is -2.32. The summed E-state index contributed by atoms with van der Waals surface area (Å²) in [5.74, 6) is 0.616. The normalized spacial score (nSPS) is 26.9. The first kappa shape index (κ1) is 13.7. The van der Waals surface area contributed by atoms with Crippen molar-refractivity contribution in [2.24, 2.45) is 11.8 Å². The minimum atomic E-state index is -1.00. The Morgan fingerprint density at radius 3 is 2.68 bits per heavy atom. The first-order valence-corrected chi connectivity index (χ1v) is 6.77. The van der Waals surface area contributed by atoms with E-state index >= 15 is 0 Å². The van der Waals surface area contributed by atoms with Gasteiger partial charge in [0, 0.05) is 0 Å². The molecule has 19 heavy (non-hydrogen) atoms. The minimum absolute atomic E-state index is 0.0639. The fraction of sp³-hybridized carbons (Fsp3) is 0.533. The number of nitrogen functional groups attached to an aromatic ring is 1. The summed E-state index contributed by atoms with van der Waals surface area (Å²) in [6, 6.07) is 4.84. The highest BCUT2D eigenvalue weighted by Gasteiger charge is 2.27. The lowest BCUT2D eigenvalue weighted by Crippen LogP contribution is -2.29. The van der Waals surface area contributed by atoms with Crippen molar-refractivity contribution in [2.45, 2.75) is 39.2 Å². The minimum Gasteiger partial charge on any atom is -0.487 e. The Balaban J connectivity index is 2.17. The maximum absolute atomic E-state index is 11.2. The molecule has 1 fully saturated rings. The highest BCUT2D eigenvalue weighted by Crippen LogP contribution is 2.34. The summed E-state index contributed by atoms with van der Waals surface area (Å²) in [7, 11) is 0. The van der Waals surface area contributed by atoms with Crippen LogP contribution >= 0.6 is 0 Å². The second-order valence-electron chi connectivity index (χ2n) is 5.54. The molecule has 1 aliphatic carbocycles. The standard InChI is InChI=1S/C15H21NO3/c1-9-6-7-11(8-10(9)2)19-14-12(15(17)18)4-3-5-13(14)16/h3-5,9-11H,6-8,16H2,1-2H3,(H,17,18). The predicted molar refractivity (Wildman–Crippen MR) is 74.4 cm³/mol. The Morgan fingerprint density at radius 1 is 1.32 bits per heavy atom. The molecule has 4 nitrogen and oxygen atoms in total. The molecule has 4 heteroatoms. The van der Waals surface area contributed by atoms with Gasteiger partial charge in [0.05, 0.1) is 11.8 Å². The molecule has 0 aromatic heterocycles. The summed E-state index contributed by atoms with van der Waals surface area (Å²) in [4.78, 5) is 11.2. The van der Waals surface area contributed by atoms with E-state index in [1.807, 2.05) is 0 Å². The molecule has 0 heterocycles. The first-order chi connectivity index (χ1) is 8.99. The number of aromatic carboxylic acids is 1. The molecular weight excluding hydrogens is 242 g/mol. The Labute approximate surface area is 113 Å². The van der Waals surface area contributed by atoms with Crippen molar-refractivity contribution in [1.82, 2.24) is 0 Å². The molecule has 0 saturated heterocycles. The smallest absolute Gasteiger partial charge is 0.339 e. The molecule has 1 aliphatic rings. The van der Waals surface area contributed by atoms with E-state index < -0.39 is 5.97 Å². The average molecular weight is 263 g/mol. The van der Waals surface area contributed by atoms with Gasteiger partial charge < -0.3 is 15.6 Å². The number of hydrogen-bond donors (Lipinski definition) is 2. The Hall–Kier alpha value is -1.71. The van der Waals surface area contributed by atoms with Gasteiger partial charge in [-0.1, -0.05) is 19.9 Å². The maximum atomic E-state index is 11.2. The third-order valence-electron chi connectivity index (χ3n) is 4.11. The van der Waals surface area contributed by atoms with E-state index in [2.05, 4.69) is 13.8 Å². The molecule has 104 valence electrons. The van der Waals surface area contributed by atoms with Gasteiger partial charge in [-0.3, -0.25) is 0 Å². The number of rotatable bonds is 3. The fourth-order valence-electron chi connectivity index (χ4n) is 2.63. The number of carbonyl (C=O) groups is 1. The molecule has 1 saturated carbocycles. The lowest BCUT2D eigenvalue weighted by atomic mass is 9.80. The van der Waals surface area contributed by atoms with Crippen LogP contribution in [0.25, 0.3) is 0 Å². The van der Waals surface area contributed by atoms with Crippen molar-refractivity contribution in [2.75, 3.05) is 5.73 Å². The van der Waals surface area contributed by atoms with Crippen molar-refractivity contribution >= 4 is 11.7 Å². The monoisotopic (exact) mass is 263 g/mol. The largest absolute Gasteiger partial charge is 0.487 e. The number of benzene rings is 1. The van der Waals surface area contributed by atoms with Crippen LogP contribution in [0.3, 0.4) is 0 Å². The van der Waals surface area contributed by atoms with Crippen LogP contribution in [-0.4, -0.2) is 17.2 Å². The summed E-state index contributed by atoms with van der Waals surface area (Å²) in [5, 5.41) is 9.18.